The lowest BCUT2D eigenvalue weighted by Gasteiger charge is -2.15. The van der Waals surface area contributed by atoms with Crippen molar-refractivity contribution in [3.63, 3.8) is 0 Å². The molecule has 5 heteroatoms. The Hall–Kier alpha value is -2.43. The Morgan fingerprint density at radius 3 is 2.76 bits per heavy atom. The Morgan fingerprint density at radius 1 is 1.33 bits per heavy atom. The maximum absolute atomic E-state index is 12.0. The quantitative estimate of drug-likeness (QED) is 0.829. The highest BCUT2D eigenvalue weighted by Crippen LogP contribution is 2.13. The van der Waals surface area contributed by atoms with E-state index in [0.29, 0.717) is 0 Å². The molecule has 21 heavy (non-hydrogen) atoms. The third-order valence-electron chi connectivity index (χ3n) is 3.21. The standard InChI is InChI=1S/C16H20N4O/c1-3-14(16-17-12-18-20(16)4-2)19-15(21)11-10-13-8-6-5-7-9-13/h5-12,14H,3-4H2,1-2H3,(H,19,21). The van der Waals surface area contributed by atoms with E-state index < -0.39 is 0 Å². The molecule has 1 aromatic carbocycles. The van der Waals surface area contributed by atoms with Gasteiger partial charge in [0.15, 0.2) is 0 Å². The van der Waals surface area contributed by atoms with Gasteiger partial charge in [-0.1, -0.05) is 37.3 Å². The molecule has 1 unspecified atom stereocenters. The third kappa shape index (κ3) is 4.02. The lowest BCUT2D eigenvalue weighted by atomic mass is 10.2. The first-order valence-electron chi connectivity index (χ1n) is 7.16. The summed E-state index contributed by atoms with van der Waals surface area (Å²) in [6, 6.07) is 9.61. The second kappa shape index (κ2) is 7.38. The molecule has 0 bridgehead atoms. The Morgan fingerprint density at radius 2 is 2.10 bits per heavy atom. The molecule has 1 aromatic heterocycles. The van der Waals surface area contributed by atoms with Gasteiger partial charge in [-0.05, 0) is 25.0 Å². The maximum atomic E-state index is 12.0. The molecule has 2 rings (SSSR count). The SMILES string of the molecule is CCC(NC(=O)C=Cc1ccccc1)c1ncnn1CC. The van der Waals surface area contributed by atoms with Crippen LogP contribution in [0.4, 0.5) is 0 Å². The van der Waals surface area contributed by atoms with E-state index in [9.17, 15) is 4.79 Å². The van der Waals surface area contributed by atoms with E-state index in [1.807, 2.05) is 44.2 Å². The molecule has 0 saturated carbocycles. The molecule has 0 fully saturated rings. The average Bonchev–Trinajstić information content (AvgIpc) is 3.00. The van der Waals surface area contributed by atoms with Gasteiger partial charge in [-0.2, -0.15) is 5.10 Å². The monoisotopic (exact) mass is 284 g/mol. The third-order valence-corrected chi connectivity index (χ3v) is 3.21. The summed E-state index contributed by atoms with van der Waals surface area (Å²) in [5.41, 5.74) is 0.998. The number of nitrogens with one attached hydrogen (secondary N) is 1. The van der Waals surface area contributed by atoms with Crippen LogP contribution in [-0.2, 0) is 11.3 Å². The summed E-state index contributed by atoms with van der Waals surface area (Å²) in [4.78, 5) is 16.3. The van der Waals surface area contributed by atoms with E-state index in [1.165, 1.54) is 6.33 Å². The Kier molecular flexibility index (Phi) is 5.26. The van der Waals surface area contributed by atoms with Crippen LogP contribution < -0.4 is 5.32 Å². The summed E-state index contributed by atoms with van der Waals surface area (Å²) in [5, 5.41) is 7.11. The van der Waals surface area contributed by atoms with Crippen molar-refractivity contribution in [3.8, 4) is 0 Å². The number of aromatic nitrogens is 3. The van der Waals surface area contributed by atoms with Gasteiger partial charge in [-0.25, -0.2) is 9.67 Å². The summed E-state index contributed by atoms with van der Waals surface area (Å²) in [7, 11) is 0. The summed E-state index contributed by atoms with van der Waals surface area (Å²) < 4.78 is 1.80. The van der Waals surface area contributed by atoms with Gasteiger partial charge in [-0.3, -0.25) is 4.79 Å². The molecule has 0 aliphatic heterocycles. The van der Waals surface area contributed by atoms with Gasteiger partial charge in [0.1, 0.15) is 12.2 Å². The number of rotatable bonds is 6. The fourth-order valence-corrected chi connectivity index (χ4v) is 2.09. The van der Waals surface area contributed by atoms with Gasteiger partial charge in [0.25, 0.3) is 0 Å². The van der Waals surface area contributed by atoms with Crippen LogP contribution in [0.2, 0.25) is 0 Å². The lowest BCUT2D eigenvalue weighted by Crippen LogP contribution is -2.28. The molecular formula is C16H20N4O. The maximum Gasteiger partial charge on any atom is 0.244 e. The van der Waals surface area contributed by atoms with Gasteiger partial charge in [0.2, 0.25) is 5.91 Å². The molecule has 110 valence electrons. The van der Waals surface area contributed by atoms with Crippen LogP contribution in [0.15, 0.2) is 42.7 Å². The predicted octanol–water partition coefficient (Wildman–Crippen LogP) is 2.58. The molecule has 2 aromatic rings. The molecule has 0 saturated heterocycles. The van der Waals surface area contributed by atoms with Crippen LogP contribution in [-0.4, -0.2) is 20.7 Å². The average molecular weight is 284 g/mol. The summed E-state index contributed by atoms with van der Waals surface area (Å²) in [5.74, 6) is 0.665. The van der Waals surface area contributed by atoms with Crippen molar-refractivity contribution in [1.29, 1.82) is 0 Å². The first kappa shape index (κ1) is 15.0. The summed E-state index contributed by atoms with van der Waals surface area (Å²) >= 11 is 0. The van der Waals surface area contributed by atoms with Crippen molar-refractivity contribution in [3.05, 3.63) is 54.1 Å². The van der Waals surface area contributed by atoms with Gasteiger partial charge in [-0.15, -0.1) is 0 Å². The van der Waals surface area contributed by atoms with Crippen molar-refractivity contribution in [1.82, 2.24) is 20.1 Å². The predicted molar refractivity (Wildman–Crippen MR) is 82.3 cm³/mol. The highest BCUT2D eigenvalue weighted by atomic mass is 16.1. The summed E-state index contributed by atoms with van der Waals surface area (Å²) in [6.07, 6.45) is 5.63. The smallest absolute Gasteiger partial charge is 0.244 e. The fraction of sp³-hybridized carbons (Fsp3) is 0.312. The largest absolute Gasteiger partial charge is 0.343 e. The van der Waals surface area contributed by atoms with Crippen LogP contribution >= 0.6 is 0 Å². The topological polar surface area (TPSA) is 59.8 Å². The van der Waals surface area contributed by atoms with Gasteiger partial charge in [0, 0.05) is 12.6 Å². The summed E-state index contributed by atoms with van der Waals surface area (Å²) in [6.45, 7) is 4.75. The first-order valence-corrected chi connectivity index (χ1v) is 7.16. The number of aryl methyl sites for hydroxylation is 1. The Bertz CT molecular complexity index is 604. The molecule has 1 N–H and O–H groups in total. The van der Waals surface area contributed by atoms with E-state index >= 15 is 0 Å². The number of carbonyl (C=O) groups is 1. The normalized spacial score (nSPS) is 12.5. The minimum Gasteiger partial charge on any atom is -0.343 e. The molecule has 1 amide bonds. The second-order valence-corrected chi connectivity index (χ2v) is 4.65. The van der Waals surface area contributed by atoms with Gasteiger partial charge < -0.3 is 5.32 Å². The minimum absolute atomic E-state index is 0.125. The van der Waals surface area contributed by atoms with Crippen LogP contribution in [0.5, 0.6) is 0 Å². The van der Waals surface area contributed by atoms with Crippen molar-refractivity contribution in [2.24, 2.45) is 0 Å². The lowest BCUT2D eigenvalue weighted by molar-refractivity contribution is -0.117. The zero-order valence-corrected chi connectivity index (χ0v) is 12.4. The molecule has 0 radical (unpaired) electrons. The molecule has 0 aliphatic carbocycles. The van der Waals surface area contributed by atoms with Crippen molar-refractivity contribution in [2.45, 2.75) is 32.9 Å². The van der Waals surface area contributed by atoms with E-state index in [-0.39, 0.29) is 11.9 Å². The second-order valence-electron chi connectivity index (χ2n) is 4.65. The molecule has 1 heterocycles. The van der Waals surface area contributed by atoms with E-state index in [4.69, 9.17) is 0 Å². The number of carbonyl (C=O) groups excluding carboxylic acids is 1. The molecule has 0 spiro atoms. The number of benzene rings is 1. The van der Waals surface area contributed by atoms with Gasteiger partial charge in [0.05, 0.1) is 6.04 Å². The highest BCUT2D eigenvalue weighted by Gasteiger charge is 2.16. The van der Waals surface area contributed by atoms with E-state index in [2.05, 4.69) is 15.4 Å². The molecular weight excluding hydrogens is 264 g/mol. The number of amides is 1. The zero-order valence-electron chi connectivity index (χ0n) is 12.4. The van der Waals surface area contributed by atoms with Crippen molar-refractivity contribution >= 4 is 12.0 Å². The number of hydrogen-bond donors (Lipinski definition) is 1. The van der Waals surface area contributed by atoms with Crippen LogP contribution in [0.3, 0.4) is 0 Å². The number of nitrogens with zero attached hydrogens (tertiary/aromatic N) is 3. The van der Waals surface area contributed by atoms with Crippen LogP contribution in [0.1, 0.15) is 37.7 Å². The number of hydrogen-bond acceptors (Lipinski definition) is 3. The minimum atomic E-state index is -0.128. The van der Waals surface area contributed by atoms with Crippen molar-refractivity contribution < 1.29 is 4.79 Å². The molecule has 0 aliphatic rings. The zero-order chi connectivity index (χ0) is 15.1. The van der Waals surface area contributed by atoms with E-state index in [0.717, 1.165) is 24.4 Å². The van der Waals surface area contributed by atoms with Crippen LogP contribution in [0, 0.1) is 0 Å². The Balaban J connectivity index is 2.02. The fourth-order valence-electron chi connectivity index (χ4n) is 2.09. The van der Waals surface area contributed by atoms with Gasteiger partial charge >= 0.3 is 0 Å². The first-order chi connectivity index (χ1) is 10.2. The molecule has 1 atom stereocenters. The van der Waals surface area contributed by atoms with E-state index in [1.54, 1.807) is 16.8 Å². The molecule has 5 nitrogen and oxygen atoms in total. The van der Waals surface area contributed by atoms with Crippen LogP contribution in [0.25, 0.3) is 6.08 Å². The van der Waals surface area contributed by atoms with Crippen molar-refractivity contribution in [2.75, 3.05) is 0 Å². The highest BCUT2D eigenvalue weighted by molar-refractivity contribution is 5.91. The Labute approximate surface area is 124 Å².